The van der Waals surface area contributed by atoms with E-state index in [1.165, 1.54) is 31.4 Å². The Hall–Kier alpha value is -1.02. The molecule has 0 heterocycles. The summed E-state index contributed by atoms with van der Waals surface area (Å²) in [6.45, 7) is 5.42. The Balaban J connectivity index is 2.05. The first kappa shape index (κ1) is 13.4. The van der Waals surface area contributed by atoms with Crippen molar-refractivity contribution in [1.29, 1.82) is 0 Å². The van der Waals surface area contributed by atoms with Gasteiger partial charge >= 0.3 is 0 Å². The van der Waals surface area contributed by atoms with Crippen LogP contribution < -0.4 is 4.90 Å². The second-order valence-corrected chi connectivity index (χ2v) is 5.29. The summed E-state index contributed by atoms with van der Waals surface area (Å²) in [5, 5.41) is 9.81. The maximum atomic E-state index is 9.81. The molecule has 0 spiro atoms. The van der Waals surface area contributed by atoms with E-state index < -0.39 is 0 Å². The Morgan fingerprint density at radius 1 is 1.22 bits per heavy atom. The highest BCUT2D eigenvalue weighted by atomic mass is 16.3. The fourth-order valence-electron chi connectivity index (χ4n) is 2.36. The first-order valence-corrected chi connectivity index (χ1v) is 7.31. The van der Waals surface area contributed by atoms with Crippen LogP contribution in [0.2, 0.25) is 0 Å². The molecule has 1 fully saturated rings. The molecule has 2 nitrogen and oxygen atoms in total. The van der Waals surface area contributed by atoms with Crippen LogP contribution in [0.3, 0.4) is 0 Å². The molecule has 1 saturated carbocycles. The lowest BCUT2D eigenvalue weighted by Crippen LogP contribution is -2.26. The van der Waals surface area contributed by atoms with Gasteiger partial charge in [-0.25, -0.2) is 0 Å². The maximum Gasteiger partial charge on any atom is 0.0787 e. The van der Waals surface area contributed by atoms with Crippen LogP contribution in [0.15, 0.2) is 24.3 Å². The van der Waals surface area contributed by atoms with Crippen molar-refractivity contribution in [1.82, 2.24) is 0 Å². The summed E-state index contributed by atoms with van der Waals surface area (Å²) in [6, 6.07) is 9.25. The molecular formula is C16H25NO. The zero-order valence-electron chi connectivity index (χ0n) is 11.6. The van der Waals surface area contributed by atoms with Gasteiger partial charge in [0.15, 0.2) is 0 Å². The molecule has 100 valence electrons. The number of nitrogens with zero attached hydrogens (tertiary/aromatic N) is 1. The molecule has 1 aliphatic carbocycles. The third-order valence-electron chi connectivity index (χ3n) is 3.74. The molecule has 1 aromatic rings. The summed E-state index contributed by atoms with van der Waals surface area (Å²) >= 11 is 0. The van der Waals surface area contributed by atoms with Gasteiger partial charge in [-0.2, -0.15) is 0 Å². The molecule has 2 heteroatoms. The first-order valence-electron chi connectivity index (χ1n) is 7.31. The SMILES string of the molecule is CCCCN(c1ccc(C(O)CC)cc1)C1CC1. The van der Waals surface area contributed by atoms with Crippen molar-refractivity contribution in [3.05, 3.63) is 29.8 Å². The summed E-state index contributed by atoms with van der Waals surface area (Å²) in [5.41, 5.74) is 2.35. The number of hydrogen-bond acceptors (Lipinski definition) is 2. The van der Waals surface area contributed by atoms with Crippen LogP contribution in [0.1, 0.15) is 57.6 Å². The second-order valence-electron chi connectivity index (χ2n) is 5.29. The molecule has 2 rings (SSSR count). The summed E-state index contributed by atoms with van der Waals surface area (Å²) in [4.78, 5) is 2.53. The lowest BCUT2D eigenvalue weighted by molar-refractivity contribution is 0.173. The van der Waals surface area contributed by atoms with E-state index in [-0.39, 0.29) is 6.10 Å². The molecule has 0 aromatic heterocycles. The van der Waals surface area contributed by atoms with Crippen molar-refractivity contribution in [2.24, 2.45) is 0 Å². The molecule has 1 aliphatic rings. The van der Waals surface area contributed by atoms with E-state index in [0.717, 1.165) is 24.6 Å². The normalized spacial score (nSPS) is 16.6. The minimum Gasteiger partial charge on any atom is -0.388 e. The molecular weight excluding hydrogens is 222 g/mol. The second kappa shape index (κ2) is 6.24. The Bertz CT molecular complexity index is 356. The van der Waals surface area contributed by atoms with Crippen LogP contribution in [-0.2, 0) is 0 Å². The van der Waals surface area contributed by atoms with Gasteiger partial charge in [-0.05, 0) is 43.4 Å². The number of hydrogen-bond donors (Lipinski definition) is 1. The predicted octanol–water partition coefficient (Wildman–Crippen LogP) is 3.90. The quantitative estimate of drug-likeness (QED) is 0.790. The van der Waals surface area contributed by atoms with Crippen LogP contribution >= 0.6 is 0 Å². The molecule has 0 saturated heterocycles. The average Bonchev–Trinajstić information content (AvgIpc) is 3.24. The van der Waals surface area contributed by atoms with E-state index in [0.29, 0.717) is 0 Å². The van der Waals surface area contributed by atoms with Gasteiger partial charge in [-0.3, -0.25) is 0 Å². The summed E-state index contributed by atoms with van der Waals surface area (Å²) in [5.74, 6) is 0. The lowest BCUT2D eigenvalue weighted by atomic mass is 10.1. The minimum atomic E-state index is -0.316. The predicted molar refractivity (Wildman–Crippen MR) is 77.0 cm³/mol. The number of aliphatic hydroxyl groups is 1. The van der Waals surface area contributed by atoms with Gasteiger partial charge in [-0.15, -0.1) is 0 Å². The van der Waals surface area contributed by atoms with Crippen molar-refractivity contribution >= 4 is 5.69 Å². The van der Waals surface area contributed by atoms with E-state index in [2.05, 4.69) is 36.1 Å². The van der Waals surface area contributed by atoms with Crippen LogP contribution in [0.4, 0.5) is 5.69 Å². The smallest absolute Gasteiger partial charge is 0.0787 e. The van der Waals surface area contributed by atoms with E-state index in [9.17, 15) is 5.11 Å². The van der Waals surface area contributed by atoms with Gasteiger partial charge in [0, 0.05) is 18.3 Å². The summed E-state index contributed by atoms with van der Waals surface area (Å²) in [7, 11) is 0. The summed E-state index contributed by atoms with van der Waals surface area (Å²) < 4.78 is 0. The molecule has 1 atom stereocenters. The number of aliphatic hydroxyl groups excluding tert-OH is 1. The van der Waals surface area contributed by atoms with Gasteiger partial charge in [0.25, 0.3) is 0 Å². The van der Waals surface area contributed by atoms with Crippen LogP contribution in [-0.4, -0.2) is 17.7 Å². The first-order chi connectivity index (χ1) is 8.76. The highest BCUT2D eigenvalue weighted by Gasteiger charge is 2.28. The molecule has 1 aromatic carbocycles. The Morgan fingerprint density at radius 2 is 1.89 bits per heavy atom. The van der Waals surface area contributed by atoms with Crippen LogP contribution in [0, 0.1) is 0 Å². The fraction of sp³-hybridized carbons (Fsp3) is 0.625. The van der Waals surface area contributed by atoms with Gasteiger partial charge < -0.3 is 10.0 Å². The highest BCUT2D eigenvalue weighted by molar-refractivity contribution is 5.50. The monoisotopic (exact) mass is 247 g/mol. The largest absolute Gasteiger partial charge is 0.388 e. The number of unbranched alkanes of at least 4 members (excludes halogenated alkanes) is 1. The van der Waals surface area contributed by atoms with E-state index in [1.807, 2.05) is 6.92 Å². The Kier molecular flexibility index (Phi) is 4.65. The zero-order chi connectivity index (χ0) is 13.0. The molecule has 0 radical (unpaired) electrons. The third kappa shape index (κ3) is 3.26. The van der Waals surface area contributed by atoms with Crippen LogP contribution in [0.25, 0.3) is 0 Å². The van der Waals surface area contributed by atoms with Crippen molar-refractivity contribution < 1.29 is 5.11 Å². The zero-order valence-corrected chi connectivity index (χ0v) is 11.6. The average molecular weight is 247 g/mol. The summed E-state index contributed by atoms with van der Waals surface area (Å²) in [6.07, 6.45) is 5.64. The van der Waals surface area contributed by atoms with Crippen LogP contribution in [0.5, 0.6) is 0 Å². The maximum absolute atomic E-state index is 9.81. The number of rotatable bonds is 7. The highest BCUT2D eigenvalue weighted by Crippen LogP contribution is 2.32. The van der Waals surface area contributed by atoms with Gasteiger partial charge in [0.2, 0.25) is 0 Å². The van der Waals surface area contributed by atoms with Gasteiger partial charge in [-0.1, -0.05) is 32.4 Å². The van der Waals surface area contributed by atoms with Gasteiger partial charge in [0.05, 0.1) is 6.10 Å². The van der Waals surface area contributed by atoms with E-state index in [1.54, 1.807) is 0 Å². The fourth-order valence-corrected chi connectivity index (χ4v) is 2.36. The topological polar surface area (TPSA) is 23.5 Å². The van der Waals surface area contributed by atoms with Gasteiger partial charge in [0.1, 0.15) is 0 Å². The third-order valence-corrected chi connectivity index (χ3v) is 3.74. The Morgan fingerprint density at radius 3 is 2.39 bits per heavy atom. The minimum absolute atomic E-state index is 0.316. The van der Waals surface area contributed by atoms with E-state index >= 15 is 0 Å². The molecule has 1 unspecified atom stereocenters. The van der Waals surface area contributed by atoms with Crippen molar-refractivity contribution in [2.75, 3.05) is 11.4 Å². The number of anilines is 1. The molecule has 18 heavy (non-hydrogen) atoms. The van der Waals surface area contributed by atoms with Crippen molar-refractivity contribution in [3.8, 4) is 0 Å². The van der Waals surface area contributed by atoms with Crippen molar-refractivity contribution in [2.45, 2.75) is 58.1 Å². The lowest BCUT2D eigenvalue weighted by Gasteiger charge is -2.25. The molecule has 0 amide bonds. The number of benzene rings is 1. The van der Waals surface area contributed by atoms with E-state index in [4.69, 9.17) is 0 Å². The molecule has 0 aliphatic heterocycles. The standard InChI is InChI=1S/C16H25NO/c1-3-5-12-17(15-10-11-15)14-8-6-13(7-9-14)16(18)4-2/h6-9,15-16,18H,3-5,10-12H2,1-2H3. The van der Waals surface area contributed by atoms with Crippen molar-refractivity contribution in [3.63, 3.8) is 0 Å². The molecule has 1 N–H and O–H groups in total. The Labute approximate surface area is 111 Å². The molecule has 0 bridgehead atoms.